The summed E-state index contributed by atoms with van der Waals surface area (Å²) in [4.78, 5) is 13.4. The van der Waals surface area contributed by atoms with Crippen molar-refractivity contribution in [3.8, 4) is 0 Å². The van der Waals surface area contributed by atoms with Crippen molar-refractivity contribution in [2.24, 2.45) is 5.92 Å². The van der Waals surface area contributed by atoms with Gasteiger partial charge in [0.25, 0.3) is 0 Å². The van der Waals surface area contributed by atoms with Gasteiger partial charge in [-0.2, -0.15) is 0 Å². The van der Waals surface area contributed by atoms with Gasteiger partial charge in [0, 0.05) is 32.2 Å². The summed E-state index contributed by atoms with van der Waals surface area (Å²) in [5.41, 5.74) is 0.759. The van der Waals surface area contributed by atoms with E-state index in [1.165, 1.54) is 0 Å². The maximum atomic E-state index is 11.8. The molecule has 0 radical (unpaired) electrons. The summed E-state index contributed by atoms with van der Waals surface area (Å²) in [7, 11) is 1.74. The van der Waals surface area contributed by atoms with E-state index in [0.29, 0.717) is 19.0 Å². The number of aromatic nitrogens is 1. The molecule has 1 aromatic heterocycles. The average molecular weight is 253 g/mol. The van der Waals surface area contributed by atoms with Crippen LogP contribution in [0.4, 0.5) is 4.79 Å². The summed E-state index contributed by atoms with van der Waals surface area (Å²) in [6.07, 6.45) is 1.02. The highest BCUT2D eigenvalue weighted by molar-refractivity contribution is 5.73. The molecule has 0 spiro atoms. The van der Waals surface area contributed by atoms with Crippen LogP contribution in [0.5, 0.6) is 0 Å². The molecule has 1 saturated heterocycles. The number of urea groups is 1. The van der Waals surface area contributed by atoms with Crippen molar-refractivity contribution in [1.29, 1.82) is 0 Å². The predicted molar refractivity (Wildman–Crippen MR) is 65.0 cm³/mol. The Balaban J connectivity index is 1.74. The van der Waals surface area contributed by atoms with Crippen molar-refractivity contribution in [3.05, 3.63) is 17.5 Å². The van der Waals surface area contributed by atoms with Crippen molar-refractivity contribution in [2.45, 2.75) is 19.9 Å². The Morgan fingerprint density at radius 1 is 1.67 bits per heavy atom. The van der Waals surface area contributed by atoms with Crippen LogP contribution in [0.3, 0.4) is 0 Å². The number of nitrogens with one attached hydrogen (secondary N) is 1. The zero-order valence-electron chi connectivity index (χ0n) is 10.8. The standard InChI is InChI=1S/C12H19N3O3/c1-9-5-11(14-18-9)7-15(2)12(16)13-6-10-3-4-17-8-10/h5,10H,3-4,6-8H2,1-2H3,(H,13,16). The van der Waals surface area contributed by atoms with E-state index in [1.54, 1.807) is 11.9 Å². The lowest BCUT2D eigenvalue weighted by molar-refractivity contribution is 0.182. The van der Waals surface area contributed by atoms with Crippen LogP contribution in [0.2, 0.25) is 0 Å². The second-order valence-electron chi connectivity index (χ2n) is 4.70. The van der Waals surface area contributed by atoms with Gasteiger partial charge < -0.3 is 19.5 Å². The van der Waals surface area contributed by atoms with Gasteiger partial charge in [0.1, 0.15) is 11.5 Å². The molecule has 6 heteroatoms. The number of ether oxygens (including phenoxy) is 1. The molecule has 6 nitrogen and oxygen atoms in total. The molecule has 100 valence electrons. The smallest absolute Gasteiger partial charge is 0.317 e. The van der Waals surface area contributed by atoms with E-state index in [1.807, 2.05) is 13.0 Å². The van der Waals surface area contributed by atoms with Crippen LogP contribution in [-0.4, -0.2) is 42.9 Å². The third-order valence-corrected chi connectivity index (χ3v) is 2.99. The summed E-state index contributed by atoms with van der Waals surface area (Å²) in [5, 5.41) is 6.76. The van der Waals surface area contributed by atoms with E-state index in [-0.39, 0.29) is 6.03 Å². The Bertz CT molecular complexity index is 399. The van der Waals surface area contributed by atoms with Crippen molar-refractivity contribution >= 4 is 6.03 Å². The predicted octanol–water partition coefficient (Wildman–Crippen LogP) is 1.16. The SMILES string of the molecule is Cc1cc(CN(C)C(=O)NCC2CCOC2)no1. The molecule has 1 aromatic rings. The lowest BCUT2D eigenvalue weighted by atomic mass is 10.1. The molecule has 1 atom stereocenters. The Morgan fingerprint density at radius 2 is 2.50 bits per heavy atom. The minimum atomic E-state index is -0.0949. The number of carbonyl (C=O) groups excluding carboxylic acids is 1. The van der Waals surface area contributed by atoms with E-state index in [0.717, 1.165) is 31.1 Å². The first-order chi connectivity index (χ1) is 8.65. The molecule has 0 aromatic carbocycles. The highest BCUT2D eigenvalue weighted by Crippen LogP contribution is 2.11. The minimum Gasteiger partial charge on any atom is -0.381 e. The summed E-state index contributed by atoms with van der Waals surface area (Å²) < 4.78 is 10.2. The number of rotatable bonds is 4. The van der Waals surface area contributed by atoms with Crippen LogP contribution in [0, 0.1) is 12.8 Å². The first-order valence-electron chi connectivity index (χ1n) is 6.14. The topological polar surface area (TPSA) is 67.6 Å². The molecule has 2 heterocycles. The van der Waals surface area contributed by atoms with Gasteiger partial charge in [-0.05, 0) is 13.3 Å². The van der Waals surface area contributed by atoms with Gasteiger partial charge in [-0.1, -0.05) is 5.16 Å². The second-order valence-corrected chi connectivity index (χ2v) is 4.70. The van der Waals surface area contributed by atoms with Crippen molar-refractivity contribution in [2.75, 3.05) is 26.8 Å². The van der Waals surface area contributed by atoms with Crippen molar-refractivity contribution < 1.29 is 14.1 Å². The maximum absolute atomic E-state index is 11.8. The quantitative estimate of drug-likeness (QED) is 0.874. The normalized spacial score (nSPS) is 18.9. The molecule has 0 aliphatic carbocycles. The lowest BCUT2D eigenvalue weighted by Gasteiger charge is -2.17. The molecule has 1 fully saturated rings. The van der Waals surface area contributed by atoms with E-state index in [9.17, 15) is 4.79 Å². The maximum Gasteiger partial charge on any atom is 0.317 e. The summed E-state index contributed by atoms with van der Waals surface area (Å²) in [5.74, 6) is 1.19. The molecule has 2 amide bonds. The Hall–Kier alpha value is -1.56. The highest BCUT2D eigenvalue weighted by Gasteiger charge is 2.18. The third-order valence-electron chi connectivity index (χ3n) is 2.99. The molecule has 1 aliphatic rings. The third kappa shape index (κ3) is 3.46. The van der Waals surface area contributed by atoms with Gasteiger partial charge in [-0.25, -0.2) is 4.79 Å². The van der Waals surface area contributed by atoms with Gasteiger partial charge in [0.05, 0.1) is 13.2 Å². The fraction of sp³-hybridized carbons (Fsp3) is 0.667. The summed E-state index contributed by atoms with van der Waals surface area (Å²) >= 11 is 0. The van der Waals surface area contributed by atoms with Crippen LogP contribution >= 0.6 is 0 Å². The van der Waals surface area contributed by atoms with Crippen LogP contribution in [0.15, 0.2) is 10.6 Å². The highest BCUT2D eigenvalue weighted by atomic mass is 16.5. The number of carbonyl (C=O) groups is 1. The average Bonchev–Trinajstić information content (AvgIpc) is 2.97. The van der Waals surface area contributed by atoms with E-state index in [2.05, 4.69) is 10.5 Å². The second kappa shape index (κ2) is 5.86. The molecule has 2 rings (SSSR count). The molecule has 18 heavy (non-hydrogen) atoms. The molecule has 1 aliphatic heterocycles. The van der Waals surface area contributed by atoms with Crippen molar-refractivity contribution in [1.82, 2.24) is 15.4 Å². The number of hydrogen-bond acceptors (Lipinski definition) is 4. The molecule has 0 saturated carbocycles. The minimum absolute atomic E-state index is 0.0949. The fourth-order valence-corrected chi connectivity index (χ4v) is 1.92. The van der Waals surface area contributed by atoms with Crippen LogP contribution < -0.4 is 5.32 Å². The van der Waals surface area contributed by atoms with Gasteiger partial charge in [0.15, 0.2) is 0 Å². The number of aryl methyl sites for hydroxylation is 1. The van der Waals surface area contributed by atoms with Gasteiger partial charge in [-0.3, -0.25) is 0 Å². The number of hydrogen-bond donors (Lipinski definition) is 1. The molecular weight excluding hydrogens is 234 g/mol. The zero-order valence-corrected chi connectivity index (χ0v) is 10.8. The number of amides is 2. The molecule has 1 N–H and O–H groups in total. The van der Waals surface area contributed by atoms with Gasteiger partial charge >= 0.3 is 6.03 Å². The summed E-state index contributed by atoms with van der Waals surface area (Å²) in [6.45, 7) is 4.49. The van der Waals surface area contributed by atoms with Gasteiger partial charge in [-0.15, -0.1) is 0 Å². The Kier molecular flexibility index (Phi) is 4.19. The van der Waals surface area contributed by atoms with E-state index < -0.39 is 0 Å². The molecule has 0 bridgehead atoms. The largest absolute Gasteiger partial charge is 0.381 e. The first kappa shape index (κ1) is 12.9. The van der Waals surface area contributed by atoms with Crippen molar-refractivity contribution in [3.63, 3.8) is 0 Å². The van der Waals surface area contributed by atoms with E-state index >= 15 is 0 Å². The molecular formula is C12H19N3O3. The summed E-state index contributed by atoms with van der Waals surface area (Å²) in [6, 6.07) is 1.73. The first-order valence-corrected chi connectivity index (χ1v) is 6.14. The van der Waals surface area contributed by atoms with Crippen LogP contribution in [-0.2, 0) is 11.3 Å². The molecule has 1 unspecified atom stereocenters. The lowest BCUT2D eigenvalue weighted by Crippen LogP contribution is -2.39. The Morgan fingerprint density at radius 3 is 3.11 bits per heavy atom. The van der Waals surface area contributed by atoms with Gasteiger partial charge in [0.2, 0.25) is 0 Å². The number of nitrogens with zero attached hydrogens (tertiary/aromatic N) is 2. The van der Waals surface area contributed by atoms with Crippen LogP contribution in [0.1, 0.15) is 17.9 Å². The van der Waals surface area contributed by atoms with E-state index in [4.69, 9.17) is 9.26 Å². The van der Waals surface area contributed by atoms with Crippen LogP contribution in [0.25, 0.3) is 0 Å². The monoisotopic (exact) mass is 253 g/mol. The fourth-order valence-electron chi connectivity index (χ4n) is 1.92. The Labute approximate surface area is 106 Å². The zero-order chi connectivity index (χ0) is 13.0.